The van der Waals surface area contributed by atoms with E-state index in [1.807, 2.05) is 67.6 Å². The summed E-state index contributed by atoms with van der Waals surface area (Å²) in [4.78, 5) is 38.6. The first-order valence-corrected chi connectivity index (χ1v) is 14.9. The van der Waals surface area contributed by atoms with E-state index in [0.717, 1.165) is 50.3 Å². The Hall–Kier alpha value is -5.55. The molecule has 0 spiro atoms. The molecule has 0 radical (unpaired) electrons. The van der Waals surface area contributed by atoms with Crippen molar-refractivity contribution in [3.8, 4) is 28.5 Å². The first-order valence-electron chi connectivity index (χ1n) is 14.5. The lowest BCUT2D eigenvalue weighted by Gasteiger charge is -2.05. The lowest BCUT2D eigenvalue weighted by atomic mass is 10.1. The molecule has 0 unspecified atom stereocenters. The number of methoxy groups -OCH3 is 1. The predicted octanol–water partition coefficient (Wildman–Crippen LogP) is 8.57. The Kier molecular flexibility index (Phi) is 10.0. The average molecular weight is 641 g/mol. The zero-order chi connectivity index (χ0) is 32.6. The van der Waals surface area contributed by atoms with Gasteiger partial charge in [-0.1, -0.05) is 23.7 Å². The van der Waals surface area contributed by atoms with Crippen LogP contribution in [0, 0.1) is 6.92 Å². The Morgan fingerprint density at radius 2 is 1.28 bits per heavy atom. The van der Waals surface area contributed by atoms with E-state index in [1.54, 1.807) is 39.2 Å². The lowest BCUT2D eigenvalue weighted by molar-refractivity contribution is 0.167. The van der Waals surface area contributed by atoms with Crippen molar-refractivity contribution in [3.05, 3.63) is 89.4 Å². The molecule has 11 nitrogen and oxygen atoms in total. The van der Waals surface area contributed by atoms with Gasteiger partial charge in [0, 0.05) is 22.5 Å². The van der Waals surface area contributed by atoms with E-state index in [4.69, 9.17) is 25.8 Å². The number of anilines is 2. The van der Waals surface area contributed by atoms with Gasteiger partial charge >= 0.3 is 12.2 Å². The molecule has 46 heavy (non-hydrogen) atoms. The first-order chi connectivity index (χ1) is 22.3. The molecule has 6 aromatic rings. The van der Waals surface area contributed by atoms with Crippen molar-refractivity contribution in [1.82, 2.24) is 19.9 Å². The van der Waals surface area contributed by atoms with Crippen molar-refractivity contribution < 1.29 is 23.8 Å². The highest BCUT2D eigenvalue weighted by Gasteiger charge is 2.12. The van der Waals surface area contributed by atoms with Crippen LogP contribution in [0.25, 0.3) is 44.8 Å². The SMILES string of the molecule is CCOC(=O)Nc1ccc2nc(-c3ccc(OC)cc3C)[nH]c2c1.CCOC(=O)Nc1ccc2nc(-c3ccccc3Cl)[nH]c2c1. The molecule has 0 atom stereocenters. The van der Waals surface area contributed by atoms with E-state index in [-0.39, 0.29) is 0 Å². The molecule has 4 N–H and O–H groups in total. The number of aromatic nitrogens is 4. The summed E-state index contributed by atoms with van der Waals surface area (Å²) in [5.41, 5.74) is 7.48. The third-order valence-corrected chi connectivity index (χ3v) is 7.15. The van der Waals surface area contributed by atoms with Crippen LogP contribution in [0.1, 0.15) is 19.4 Å². The number of aryl methyl sites for hydroxylation is 1. The topological polar surface area (TPSA) is 143 Å². The van der Waals surface area contributed by atoms with Gasteiger partial charge in [-0.2, -0.15) is 0 Å². The fourth-order valence-electron chi connectivity index (χ4n) is 4.68. The van der Waals surface area contributed by atoms with Gasteiger partial charge in [0.05, 0.1) is 47.4 Å². The van der Waals surface area contributed by atoms with E-state index < -0.39 is 12.2 Å². The van der Waals surface area contributed by atoms with Crippen LogP contribution in [0.5, 0.6) is 5.75 Å². The number of nitrogens with one attached hydrogen (secondary N) is 4. The zero-order valence-corrected chi connectivity index (χ0v) is 26.5. The van der Waals surface area contributed by atoms with Crippen LogP contribution in [-0.4, -0.2) is 52.4 Å². The number of ether oxygens (including phenoxy) is 3. The molecule has 12 heteroatoms. The minimum absolute atomic E-state index is 0.328. The van der Waals surface area contributed by atoms with Crippen molar-refractivity contribution in [1.29, 1.82) is 0 Å². The number of benzene rings is 4. The van der Waals surface area contributed by atoms with Gasteiger partial charge in [-0.15, -0.1) is 0 Å². The first kappa shape index (κ1) is 31.9. The highest BCUT2D eigenvalue weighted by Crippen LogP contribution is 2.29. The third-order valence-electron chi connectivity index (χ3n) is 6.83. The number of amides is 2. The second-order valence-corrected chi connectivity index (χ2v) is 10.4. The van der Waals surface area contributed by atoms with Crippen molar-refractivity contribution in [2.24, 2.45) is 0 Å². The van der Waals surface area contributed by atoms with Gasteiger partial charge in [0.2, 0.25) is 0 Å². The number of hydrogen-bond acceptors (Lipinski definition) is 7. The number of hydrogen-bond donors (Lipinski definition) is 4. The van der Waals surface area contributed by atoms with Gasteiger partial charge in [-0.25, -0.2) is 19.6 Å². The van der Waals surface area contributed by atoms with Gasteiger partial charge < -0.3 is 24.2 Å². The molecule has 4 aromatic carbocycles. The second kappa shape index (κ2) is 14.5. The number of imidazole rings is 2. The maximum atomic E-state index is 11.5. The summed E-state index contributed by atoms with van der Waals surface area (Å²) in [5.74, 6) is 2.28. The number of carbonyl (C=O) groups excluding carboxylic acids is 2. The Labute approximate surface area is 270 Å². The Balaban J connectivity index is 0.000000182. The molecule has 0 aliphatic carbocycles. The Morgan fingerprint density at radius 1 is 0.739 bits per heavy atom. The fourth-order valence-corrected chi connectivity index (χ4v) is 4.91. The second-order valence-electron chi connectivity index (χ2n) is 9.99. The molecular formula is C34H33ClN6O5. The van der Waals surface area contributed by atoms with Crippen molar-refractivity contribution in [3.63, 3.8) is 0 Å². The number of fused-ring (bicyclic) bond motifs is 2. The Bertz CT molecular complexity index is 2000. The molecule has 2 amide bonds. The van der Waals surface area contributed by atoms with E-state index in [9.17, 15) is 9.59 Å². The van der Waals surface area contributed by atoms with Gasteiger partial charge in [0.1, 0.15) is 17.4 Å². The van der Waals surface area contributed by atoms with E-state index in [0.29, 0.717) is 35.4 Å². The van der Waals surface area contributed by atoms with Crippen LogP contribution in [-0.2, 0) is 9.47 Å². The molecule has 2 aromatic heterocycles. The van der Waals surface area contributed by atoms with Crippen LogP contribution >= 0.6 is 11.6 Å². The van der Waals surface area contributed by atoms with E-state index >= 15 is 0 Å². The smallest absolute Gasteiger partial charge is 0.411 e. The molecule has 236 valence electrons. The number of H-pyrrole nitrogens is 2. The monoisotopic (exact) mass is 640 g/mol. The van der Waals surface area contributed by atoms with E-state index in [1.165, 1.54) is 0 Å². The molecule has 0 saturated carbocycles. The molecule has 2 heterocycles. The summed E-state index contributed by atoms with van der Waals surface area (Å²) < 4.78 is 15.0. The number of aromatic amines is 2. The van der Waals surface area contributed by atoms with Crippen LogP contribution in [0.4, 0.5) is 21.0 Å². The van der Waals surface area contributed by atoms with Gasteiger partial charge in [0.15, 0.2) is 0 Å². The van der Waals surface area contributed by atoms with Crippen molar-refractivity contribution in [2.75, 3.05) is 31.0 Å². The third kappa shape index (κ3) is 7.56. The summed E-state index contributed by atoms with van der Waals surface area (Å²) in [6.07, 6.45) is -0.949. The normalized spacial score (nSPS) is 10.6. The fraction of sp³-hybridized carbons (Fsp3) is 0.176. The minimum atomic E-state index is -0.479. The number of rotatable bonds is 7. The number of halogens is 1. The zero-order valence-electron chi connectivity index (χ0n) is 25.7. The summed E-state index contributed by atoms with van der Waals surface area (Å²) >= 11 is 6.19. The number of nitrogens with zero attached hydrogens (tertiary/aromatic N) is 2. The largest absolute Gasteiger partial charge is 0.497 e. The molecule has 0 saturated heterocycles. The molecule has 6 rings (SSSR count). The maximum Gasteiger partial charge on any atom is 0.411 e. The van der Waals surface area contributed by atoms with Gasteiger partial charge in [-0.05, 0) is 93.1 Å². The molecule has 0 bridgehead atoms. The highest BCUT2D eigenvalue weighted by molar-refractivity contribution is 6.33. The van der Waals surface area contributed by atoms with Crippen LogP contribution in [0.3, 0.4) is 0 Å². The predicted molar refractivity (Wildman–Crippen MR) is 181 cm³/mol. The number of carbonyl (C=O) groups is 2. The van der Waals surface area contributed by atoms with Crippen LogP contribution in [0.2, 0.25) is 5.02 Å². The summed E-state index contributed by atoms with van der Waals surface area (Å²) in [6.45, 7) is 6.20. The summed E-state index contributed by atoms with van der Waals surface area (Å²) in [7, 11) is 1.65. The summed E-state index contributed by atoms with van der Waals surface area (Å²) in [6, 6.07) is 24.2. The summed E-state index contributed by atoms with van der Waals surface area (Å²) in [5, 5.41) is 5.98. The maximum absolute atomic E-state index is 11.5. The van der Waals surface area contributed by atoms with Crippen molar-refractivity contribution >= 4 is 57.2 Å². The lowest BCUT2D eigenvalue weighted by Crippen LogP contribution is -2.13. The quantitative estimate of drug-likeness (QED) is 0.137. The highest BCUT2D eigenvalue weighted by atomic mass is 35.5. The average Bonchev–Trinajstić information content (AvgIpc) is 3.65. The van der Waals surface area contributed by atoms with Crippen LogP contribution in [0.15, 0.2) is 78.9 Å². The molecule has 0 fully saturated rings. The molecular weight excluding hydrogens is 608 g/mol. The van der Waals surface area contributed by atoms with Gasteiger partial charge in [-0.3, -0.25) is 10.6 Å². The van der Waals surface area contributed by atoms with E-state index in [2.05, 4.69) is 30.6 Å². The van der Waals surface area contributed by atoms with Crippen LogP contribution < -0.4 is 15.4 Å². The Morgan fingerprint density at radius 3 is 1.78 bits per heavy atom. The van der Waals surface area contributed by atoms with Gasteiger partial charge in [0.25, 0.3) is 0 Å². The standard InChI is InChI=1S/C18H19N3O3.C16H14ClN3O2/c1-4-24-18(22)19-12-5-8-15-16(10-12)21-17(20-15)14-7-6-13(23-3)9-11(14)2;1-2-22-16(21)18-10-7-8-13-14(9-10)20-15(19-13)11-5-3-4-6-12(11)17/h5-10H,4H2,1-3H3,(H,19,22)(H,20,21);3-9H,2H2,1H3,(H,18,21)(H,19,20). The molecule has 0 aliphatic rings. The molecule has 0 aliphatic heterocycles. The minimum Gasteiger partial charge on any atom is -0.497 e. The van der Waals surface area contributed by atoms with Crippen molar-refractivity contribution in [2.45, 2.75) is 20.8 Å².